The minimum Gasteiger partial charge on any atom is -0.468 e. The predicted molar refractivity (Wildman–Crippen MR) is 88.9 cm³/mol. The second kappa shape index (κ2) is 6.71. The maximum atomic E-state index is 5.45. The number of fused-ring (bicyclic) bond motifs is 1. The van der Waals surface area contributed by atoms with E-state index < -0.39 is 0 Å². The summed E-state index contributed by atoms with van der Waals surface area (Å²) in [6.07, 6.45) is 5.35. The van der Waals surface area contributed by atoms with Gasteiger partial charge in [-0.2, -0.15) is 0 Å². The maximum absolute atomic E-state index is 5.45. The Balaban J connectivity index is 1.84. The van der Waals surface area contributed by atoms with Gasteiger partial charge in [-0.1, -0.05) is 31.2 Å². The molecule has 1 aromatic carbocycles. The highest BCUT2D eigenvalue weighted by atomic mass is 32.2. The lowest BCUT2D eigenvalue weighted by Crippen LogP contribution is -2.34. The molecule has 0 saturated heterocycles. The minimum absolute atomic E-state index is 0.439. The number of thioether (sulfide) groups is 1. The Morgan fingerprint density at radius 1 is 1.29 bits per heavy atom. The molecule has 1 heterocycles. The molecule has 112 valence electrons. The molecule has 1 N–H and O–H groups in total. The second-order valence-electron chi connectivity index (χ2n) is 5.67. The fraction of sp³-hybridized carbons (Fsp3) is 0.444. The molecule has 3 heteroatoms. The fourth-order valence-corrected chi connectivity index (χ4v) is 4.35. The number of rotatable bonds is 5. The Hall–Kier alpha value is -1.19. The molecule has 1 aliphatic carbocycles. The average molecular weight is 301 g/mol. The Bertz CT molecular complexity index is 592. The Morgan fingerprint density at radius 2 is 2.14 bits per heavy atom. The molecule has 3 rings (SSSR count). The van der Waals surface area contributed by atoms with Crippen molar-refractivity contribution in [3.05, 3.63) is 53.5 Å². The summed E-state index contributed by atoms with van der Waals surface area (Å²) in [7, 11) is 0. The maximum Gasteiger partial charge on any atom is 0.114 e. The SMILES string of the molecule is CCCNC1c2ccccc2CCC1Sc1ccoc1C. The number of hydrogen-bond acceptors (Lipinski definition) is 3. The number of nitrogens with one attached hydrogen (secondary N) is 1. The normalized spacial score (nSPS) is 21.2. The summed E-state index contributed by atoms with van der Waals surface area (Å²) in [6.45, 7) is 5.35. The van der Waals surface area contributed by atoms with E-state index in [9.17, 15) is 0 Å². The van der Waals surface area contributed by atoms with Gasteiger partial charge in [0, 0.05) is 16.2 Å². The highest BCUT2D eigenvalue weighted by Gasteiger charge is 2.30. The fourth-order valence-electron chi connectivity index (χ4n) is 3.06. The Morgan fingerprint density at radius 3 is 2.90 bits per heavy atom. The van der Waals surface area contributed by atoms with Crippen molar-refractivity contribution < 1.29 is 4.42 Å². The van der Waals surface area contributed by atoms with Gasteiger partial charge in [0.05, 0.1) is 6.26 Å². The molecule has 2 aromatic rings. The van der Waals surface area contributed by atoms with Gasteiger partial charge in [-0.05, 0) is 49.9 Å². The van der Waals surface area contributed by atoms with Crippen LogP contribution in [0.2, 0.25) is 0 Å². The van der Waals surface area contributed by atoms with Crippen LogP contribution in [0.15, 0.2) is 45.9 Å². The van der Waals surface area contributed by atoms with Gasteiger partial charge in [0.15, 0.2) is 0 Å². The van der Waals surface area contributed by atoms with Crippen LogP contribution < -0.4 is 5.32 Å². The lowest BCUT2D eigenvalue weighted by atomic mass is 9.87. The summed E-state index contributed by atoms with van der Waals surface area (Å²) in [5, 5.41) is 4.33. The highest BCUT2D eigenvalue weighted by molar-refractivity contribution is 8.00. The van der Waals surface area contributed by atoms with Crippen molar-refractivity contribution in [3.63, 3.8) is 0 Å². The van der Waals surface area contributed by atoms with Crippen LogP contribution in [0, 0.1) is 6.92 Å². The van der Waals surface area contributed by atoms with Crippen molar-refractivity contribution in [2.45, 2.75) is 49.3 Å². The number of aryl methyl sites for hydroxylation is 2. The molecule has 1 aromatic heterocycles. The van der Waals surface area contributed by atoms with Crippen LogP contribution in [-0.2, 0) is 6.42 Å². The predicted octanol–water partition coefficient (Wildman–Crippen LogP) is 4.74. The lowest BCUT2D eigenvalue weighted by Gasteiger charge is -2.34. The smallest absolute Gasteiger partial charge is 0.114 e. The highest BCUT2D eigenvalue weighted by Crippen LogP contribution is 2.41. The van der Waals surface area contributed by atoms with Crippen LogP contribution in [0.4, 0.5) is 0 Å². The zero-order chi connectivity index (χ0) is 14.7. The molecule has 0 bridgehead atoms. The summed E-state index contributed by atoms with van der Waals surface area (Å²) in [5.41, 5.74) is 2.99. The van der Waals surface area contributed by atoms with E-state index in [0.717, 1.165) is 12.3 Å². The molecule has 0 fully saturated rings. The zero-order valence-corrected chi connectivity index (χ0v) is 13.6. The minimum atomic E-state index is 0.439. The van der Waals surface area contributed by atoms with Gasteiger partial charge in [-0.15, -0.1) is 11.8 Å². The Kier molecular flexibility index (Phi) is 4.71. The third kappa shape index (κ3) is 3.19. The van der Waals surface area contributed by atoms with E-state index in [1.807, 2.05) is 18.7 Å². The van der Waals surface area contributed by atoms with Gasteiger partial charge in [-0.25, -0.2) is 0 Å². The van der Waals surface area contributed by atoms with Crippen molar-refractivity contribution >= 4 is 11.8 Å². The van der Waals surface area contributed by atoms with Crippen LogP contribution >= 0.6 is 11.8 Å². The molecule has 2 nitrogen and oxygen atoms in total. The third-order valence-corrected chi connectivity index (χ3v) is 5.65. The first-order valence-corrected chi connectivity index (χ1v) is 8.69. The molecule has 0 saturated carbocycles. The molecule has 0 spiro atoms. The van der Waals surface area contributed by atoms with Gasteiger partial charge >= 0.3 is 0 Å². The molecule has 1 aliphatic rings. The van der Waals surface area contributed by atoms with Crippen molar-refractivity contribution in [1.29, 1.82) is 0 Å². The van der Waals surface area contributed by atoms with Crippen LogP contribution in [-0.4, -0.2) is 11.8 Å². The van der Waals surface area contributed by atoms with E-state index in [-0.39, 0.29) is 0 Å². The molecule has 0 radical (unpaired) electrons. The molecule has 2 atom stereocenters. The van der Waals surface area contributed by atoms with Gasteiger partial charge in [-0.3, -0.25) is 0 Å². The first-order chi connectivity index (χ1) is 10.3. The topological polar surface area (TPSA) is 25.2 Å². The summed E-state index contributed by atoms with van der Waals surface area (Å²) in [6, 6.07) is 11.4. The number of furan rings is 1. The lowest BCUT2D eigenvalue weighted by molar-refractivity contribution is 0.471. The van der Waals surface area contributed by atoms with Gasteiger partial charge in [0.25, 0.3) is 0 Å². The van der Waals surface area contributed by atoms with Crippen molar-refractivity contribution in [1.82, 2.24) is 5.32 Å². The average Bonchev–Trinajstić information content (AvgIpc) is 2.91. The number of benzene rings is 1. The molecular weight excluding hydrogens is 278 g/mol. The van der Waals surface area contributed by atoms with Crippen molar-refractivity contribution in [2.24, 2.45) is 0 Å². The molecular formula is C18H23NOS. The summed E-state index contributed by atoms with van der Waals surface area (Å²) in [5.74, 6) is 1.04. The van der Waals surface area contributed by atoms with E-state index in [2.05, 4.69) is 42.6 Å². The van der Waals surface area contributed by atoms with Crippen LogP contribution in [0.3, 0.4) is 0 Å². The second-order valence-corrected chi connectivity index (χ2v) is 6.95. The van der Waals surface area contributed by atoms with Gasteiger partial charge in [0.1, 0.15) is 5.76 Å². The summed E-state index contributed by atoms with van der Waals surface area (Å²) >= 11 is 1.96. The standard InChI is InChI=1S/C18H23NOS/c1-3-11-19-18-15-7-5-4-6-14(15)8-9-17(18)21-16-10-12-20-13(16)2/h4-7,10,12,17-19H,3,8-9,11H2,1-2H3. The quantitative estimate of drug-likeness (QED) is 0.864. The first kappa shape index (κ1) is 14.7. The van der Waals surface area contributed by atoms with E-state index in [0.29, 0.717) is 11.3 Å². The van der Waals surface area contributed by atoms with Crippen LogP contribution in [0.5, 0.6) is 0 Å². The van der Waals surface area contributed by atoms with E-state index in [1.165, 1.54) is 35.3 Å². The zero-order valence-electron chi connectivity index (χ0n) is 12.8. The van der Waals surface area contributed by atoms with E-state index >= 15 is 0 Å². The Labute approximate surface area is 131 Å². The van der Waals surface area contributed by atoms with Gasteiger partial charge < -0.3 is 9.73 Å². The summed E-state index contributed by atoms with van der Waals surface area (Å²) in [4.78, 5) is 1.28. The monoisotopic (exact) mass is 301 g/mol. The third-order valence-electron chi connectivity index (χ3n) is 4.16. The van der Waals surface area contributed by atoms with Crippen molar-refractivity contribution in [3.8, 4) is 0 Å². The summed E-state index contributed by atoms with van der Waals surface area (Å²) < 4.78 is 5.45. The molecule has 2 unspecified atom stereocenters. The van der Waals surface area contributed by atoms with E-state index in [1.54, 1.807) is 6.26 Å². The molecule has 21 heavy (non-hydrogen) atoms. The first-order valence-electron chi connectivity index (χ1n) is 7.81. The van der Waals surface area contributed by atoms with Gasteiger partial charge in [0.2, 0.25) is 0 Å². The van der Waals surface area contributed by atoms with Crippen LogP contribution in [0.25, 0.3) is 0 Å². The van der Waals surface area contributed by atoms with Crippen LogP contribution in [0.1, 0.15) is 42.7 Å². The van der Waals surface area contributed by atoms with E-state index in [4.69, 9.17) is 4.42 Å². The largest absolute Gasteiger partial charge is 0.468 e. The number of hydrogen-bond donors (Lipinski definition) is 1. The molecule has 0 amide bonds. The van der Waals surface area contributed by atoms with Crippen molar-refractivity contribution in [2.75, 3.05) is 6.54 Å². The molecule has 0 aliphatic heterocycles.